The number of aliphatic hydroxyl groups is 3. The molecular formula is C30H48O4. The number of allylic oxidation sites excluding steroid dienone is 2. The van der Waals surface area contributed by atoms with Crippen LogP contribution in [0.1, 0.15) is 99.3 Å². The second-order valence-corrected chi connectivity index (χ2v) is 13.7. The van der Waals surface area contributed by atoms with Gasteiger partial charge in [0.15, 0.2) is 5.78 Å². The summed E-state index contributed by atoms with van der Waals surface area (Å²) in [4.78, 5) is 12.2. The molecule has 0 heterocycles. The summed E-state index contributed by atoms with van der Waals surface area (Å²) in [7, 11) is 0. The average Bonchev–Trinajstić information content (AvgIpc) is 2.85. The Balaban J connectivity index is 1.62. The zero-order valence-electron chi connectivity index (χ0n) is 22.4. The molecular weight excluding hydrogens is 424 g/mol. The lowest BCUT2D eigenvalue weighted by Crippen LogP contribution is -2.54. The molecule has 0 radical (unpaired) electrons. The predicted octanol–water partition coefficient (Wildman–Crippen LogP) is 5.60. The lowest BCUT2D eigenvalue weighted by atomic mass is 9.51. The summed E-state index contributed by atoms with van der Waals surface area (Å²) < 4.78 is 0. The van der Waals surface area contributed by atoms with Crippen LogP contribution in [-0.4, -0.2) is 38.9 Å². The van der Waals surface area contributed by atoms with Gasteiger partial charge in [0.1, 0.15) is 0 Å². The van der Waals surface area contributed by atoms with Gasteiger partial charge in [-0.2, -0.15) is 0 Å². The highest BCUT2D eigenvalue weighted by Gasteiger charge is 2.65. The van der Waals surface area contributed by atoms with Crippen LogP contribution in [0.5, 0.6) is 0 Å². The fourth-order valence-electron chi connectivity index (χ4n) is 9.26. The molecule has 4 nitrogen and oxygen atoms in total. The summed E-state index contributed by atoms with van der Waals surface area (Å²) in [5.41, 5.74) is 0.870. The van der Waals surface area contributed by atoms with Crippen LogP contribution in [0.4, 0.5) is 0 Å². The Morgan fingerprint density at radius 3 is 2.47 bits per heavy atom. The van der Waals surface area contributed by atoms with E-state index < -0.39 is 5.60 Å². The molecule has 3 fully saturated rings. The van der Waals surface area contributed by atoms with E-state index in [2.05, 4.69) is 47.3 Å². The van der Waals surface area contributed by atoms with Crippen LogP contribution in [-0.2, 0) is 4.79 Å². The van der Waals surface area contributed by atoms with E-state index in [1.807, 2.05) is 0 Å². The van der Waals surface area contributed by atoms with Gasteiger partial charge < -0.3 is 15.3 Å². The van der Waals surface area contributed by atoms with Crippen molar-refractivity contribution in [3.8, 4) is 0 Å². The van der Waals surface area contributed by atoms with Crippen molar-refractivity contribution in [3.05, 3.63) is 23.8 Å². The van der Waals surface area contributed by atoms with Crippen LogP contribution in [0.2, 0.25) is 0 Å². The molecule has 4 aliphatic rings. The van der Waals surface area contributed by atoms with Gasteiger partial charge in [0, 0.05) is 6.42 Å². The van der Waals surface area contributed by atoms with Crippen LogP contribution >= 0.6 is 0 Å². The molecule has 0 spiro atoms. The van der Waals surface area contributed by atoms with Crippen LogP contribution in [0, 0.1) is 39.9 Å². The molecule has 192 valence electrons. The number of hydrogen-bond donors (Lipinski definition) is 3. The van der Waals surface area contributed by atoms with E-state index in [1.165, 1.54) is 5.57 Å². The first kappa shape index (κ1) is 26.1. The molecule has 0 saturated heterocycles. The second-order valence-electron chi connectivity index (χ2n) is 13.7. The molecule has 0 aromatic carbocycles. The number of Topliss-reactive ketones (excluding diaryl/α,β-unsaturated/α-hetero) is 1. The lowest BCUT2D eigenvalue weighted by Gasteiger charge is -2.54. The molecule has 4 rings (SSSR count). The molecule has 3 saturated carbocycles. The van der Waals surface area contributed by atoms with Crippen molar-refractivity contribution in [2.45, 2.75) is 117 Å². The minimum atomic E-state index is -0.750. The Hall–Kier alpha value is -0.970. The van der Waals surface area contributed by atoms with Crippen molar-refractivity contribution in [2.75, 3.05) is 0 Å². The minimum absolute atomic E-state index is 0.0413. The highest BCUT2D eigenvalue weighted by Crippen LogP contribution is 2.69. The Kier molecular flexibility index (Phi) is 6.57. The van der Waals surface area contributed by atoms with Gasteiger partial charge in [-0.3, -0.25) is 4.79 Å². The van der Waals surface area contributed by atoms with Gasteiger partial charge in [0.05, 0.1) is 17.8 Å². The molecule has 0 unspecified atom stereocenters. The summed E-state index contributed by atoms with van der Waals surface area (Å²) >= 11 is 0. The Morgan fingerprint density at radius 1 is 1.15 bits per heavy atom. The summed E-state index contributed by atoms with van der Waals surface area (Å²) in [5, 5.41) is 34.0. The molecule has 3 N–H and O–H groups in total. The number of fused-ring (bicyclic) bond motifs is 4. The lowest BCUT2D eigenvalue weighted by molar-refractivity contribution is -0.151. The Labute approximate surface area is 206 Å². The van der Waals surface area contributed by atoms with Crippen molar-refractivity contribution in [3.63, 3.8) is 0 Å². The highest BCUT2D eigenvalue weighted by molar-refractivity contribution is 5.94. The minimum Gasteiger partial charge on any atom is -0.393 e. The van der Waals surface area contributed by atoms with E-state index >= 15 is 0 Å². The molecule has 4 heteroatoms. The van der Waals surface area contributed by atoms with E-state index in [1.54, 1.807) is 6.92 Å². The topological polar surface area (TPSA) is 77.8 Å². The van der Waals surface area contributed by atoms with Gasteiger partial charge in [-0.25, -0.2) is 0 Å². The first-order chi connectivity index (χ1) is 15.7. The smallest absolute Gasteiger partial charge is 0.157 e. The zero-order chi connectivity index (χ0) is 25.3. The quantitative estimate of drug-likeness (QED) is 0.359. The van der Waals surface area contributed by atoms with Crippen LogP contribution < -0.4 is 0 Å². The molecule has 0 aromatic heterocycles. The van der Waals surface area contributed by atoms with Crippen molar-refractivity contribution in [1.29, 1.82) is 0 Å². The molecule has 0 aliphatic heterocycles. The van der Waals surface area contributed by atoms with Gasteiger partial charge in [-0.05, 0) is 104 Å². The number of carbonyl (C=O) groups excluding carboxylic acids is 1. The predicted molar refractivity (Wildman–Crippen MR) is 136 cm³/mol. The molecule has 34 heavy (non-hydrogen) atoms. The molecule has 4 aliphatic carbocycles. The number of aliphatic hydroxyl groups excluding tert-OH is 2. The van der Waals surface area contributed by atoms with Crippen molar-refractivity contribution >= 4 is 5.78 Å². The standard InChI is InChI=1S/C30H48O4/c1-18(2)22(31)10-8-19(3)26-23(32)17-29(7)21-9-11-24-27(4,5)25(33)13-15-30(24,34)16-20(21)12-14-28(26,29)6/h12,19,21,23-26,32-34H,1,8-11,13-17H2,2-7H3/t19-,21-,23-,24+,25+,26+,28-,29+,30+/m1/s1. The summed E-state index contributed by atoms with van der Waals surface area (Å²) in [6.07, 6.45) is 8.60. The zero-order valence-corrected chi connectivity index (χ0v) is 22.4. The van der Waals surface area contributed by atoms with Gasteiger partial charge in [-0.1, -0.05) is 52.8 Å². The number of hydrogen-bond acceptors (Lipinski definition) is 4. The maximum absolute atomic E-state index is 12.2. The Bertz CT molecular complexity index is 873. The van der Waals surface area contributed by atoms with E-state index in [9.17, 15) is 20.1 Å². The van der Waals surface area contributed by atoms with E-state index in [4.69, 9.17) is 0 Å². The summed E-state index contributed by atoms with van der Waals surface area (Å²) in [6, 6.07) is 0. The number of rotatable bonds is 5. The van der Waals surface area contributed by atoms with E-state index in [0.29, 0.717) is 37.2 Å². The van der Waals surface area contributed by atoms with Crippen molar-refractivity contribution in [2.24, 2.45) is 39.9 Å². The van der Waals surface area contributed by atoms with Gasteiger partial charge in [0.2, 0.25) is 0 Å². The van der Waals surface area contributed by atoms with Gasteiger partial charge >= 0.3 is 0 Å². The van der Waals surface area contributed by atoms with Gasteiger partial charge in [0.25, 0.3) is 0 Å². The van der Waals surface area contributed by atoms with E-state index in [0.717, 1.165) is 32.1 Å². The third-order valence-corrected chi connectivity index (χ3v) is 11.5. The third-order valence-electron chi connectivity index (χ3n) is 11.5. The fraction of sp³-hybridized carbons (Fsp3) is 0.833. The maximum atomic E-state index is 12.2. The first-order valence-electron chi connectivity index (χ1n) is 13.6. The second kappa shape index (κ2) is 8.56. The summed E-state index contributed by atoms with van der Waals surface area (Å²) in [6.45, 7) is 16.8. The average molecular weight is 473 g/mol. The van der Waals surface area contributed by atoms with Crippen LogP contribution in [0.3, 0.4) is 0 Å². The SMILES string of the molecule is C=C(C)C(=O)CC[C@@H](C)[C@H]1[C@H](O)C[C@@]2(C)[C@@H]3CC[C@H]4C(C)(C)[C@@H](O)CC[C@]4(O)CC3=CC[C@]12C. The summed E-state index contributed by atoms with van der Waals surface area (Å²) in [5.74, 6) is 0.964. The highest BCUT2D eigenvalue weighted by atomic mass is 16.3. The third kappa shape index (κ3) is 3.78. The van der Waals surface area contributed by atoms with Crippen LogP contribution in [0.25, 0.3) is 0 Å². The van der Waals surface area contributed by atoms with E-state index in [-0.39, 0.29) is 52.0 Å². The van der Waals surface area contributed by atoms with Gasteiger partial charge in [-0.15, -0.1) is 0 Å². The molecule has 0 amide bonds. The maximum Gasteiger partial charge on any atom is 0.157 e. The molecule has 9 atom stereocenters. The van der Waals surface area contributed by atoms with Crippen molar-refractivity contribution in [1.82, 2.24) is 0 Å². The molecule has 0 aromatic rings. The fourth-order valence-corrected chi connectivity index (χ4v) is 9.26. The largest absolute Gasteiger partial charge is 0.393 e. The first-order valence-corrected chi connectivity index (χ1v) is 13.6. The molecule has 0 bridgehead atoms. The Morgan fingerprint density at radius 2 is 1.82 bits per heavy atom. The number of ketones is 1. The van der Waals surface area contributed by atoms with Crippen LogP contribution in [0.15, 0.2) is 23.8 Å². The number of carbonyl (C=O) groups is 1. The monoisotopic (exact) mass is 472 g/mol. The van der Waals surface area contributed by atoms with Crippen molar-refractivity contribution < 1.29 is 20.1 Å². The normalized spacial score (nSPS) is 46.4.